The van der Waals surface area contributed by atoms with E-state index >= 15 is 0 Å². The lowest BCUT2D eigenvalue weighted by molar-refractivity contribution is 0.112. The molecule has 0 spiro atoms. The fourth-order valence-electron chi connectivity index (χ4n) is 2.05. The van der Waals surface area contributed by atoms with E-state index in [1.165, 1.54) is 10.9 Å². The molecule has 0 saturated carbocycles. The summed E-state index contributed by atoms with van der Waals surface area (Å²) < 4.78 is 0. The van der Waals surface area contributed by atoms with Gasteiger partial charge in [0.25, 0.3) is 0 Å². The van der Waals surface area contributed by atoms with Crippen LogP contribution < -0.4 is 0 Å². The SMILES string of the molecule is CN(C)CCc1ccc(C=O)c2ccccc12. The van der Waals surface area contributed by atoms with Gasteiger partial charge in [-0.25, -0.2) is 0 Å². The van der Waals surface area contributed by atoms with E-state index in [9.17, 15) is 4.79 Å². The molecule has 0 aliphatic rings. The van der Waals surface area contributed by atoms with Crippen LogP contribution in [-0.4, -0.2) is 31.8 Å². The van der Waals surface area contributed by atoms with Crippen LogP contribution in [0, 0.1) is 0 Å². The number of hydrogen-bond acceptors (Lipinski definition) is 2. The van der Waals surface area contributed by atoms with E-state index in [-0.39, 0.29) is 0 Å². The molecule has 2 heteroatoms. The van der Waals surface area contributed by atoms with Crippen LogP contribution in [0.15, 0.2) is 36.4 Å². The summed E-state index contributed by atoms with van der Waals surface area (Å²) in [7, 11) is 4.14. The van der Waals surface area contributed by atoms with Gasteiger partial charge in [0.05, 0.1) is 0 Å². The lowest BCUT2D eigenvalue weighted by Gasteiger charge is -2.12. The lowest BCUT2D eigenvalue weighted by Crippen LogP contribution is -2.15. The Balaban J connectivity index is 2.47. The minimum atomic E-state index is 0.772. The Morgan fingerprint density at radius 1 is 1.06 bits per heavy atom. The van der Waals surface area contributed by atoms with Gasteiger partial charge in [0.15, 0.2) is 6.29 Å². The Labute approximate surface area is 102 Å². The maximum absolute atomic E-state index is 11.0. The summed E-state index contributed by atoms with van der Waals surface area (Å²) in [4.78, 5) is 13.2. The van der Waals surface area contributed by atoms with Crippen molar-refractivity contribution in [1.82, 2.24) is 4.90 Å². The van der Waals surface area contributed by atoms with Gasteiger partial charge in [-0.05, 0) is 36.9 Å². The second-order valence-corrected chi connectivity index (χ2v) is 4.53. The van der Waals surface area contributed by atoms with E-state index < -0.39 is 0 Å². The standard InChI is InChI=1S/C15H17NO/c1-16(2)10-9-12-7-8-13(11-17)15-6-4-3-5-14(12)15/h3-8,11H,9-10H2,1-2H3. The molecular formula is C15H17NO. The summed E-state index contributed by atoms with van der Waals surface area (Å²) in [6.45, 7) is 1.02. The summed E-state index contributed by atoms with van der Waals surface area (Å²) in [5.74, 6) is 0. The number of likely N-dealkylation sites (N-methyl/N-ethyl adjacent to an activating group) is 1. The van der Waals surface area contributed by atoms with Crippen LogP contribution in [-0.2, 0) is 6.42 Å². The number of benzene rings is 2. The van der Waals surface area contributed by atoms with Gasteiger partial charge in [-0.3, -0.25) is 4.79 Å². The number of hydrogen-bond donors (Lipinski definition) is 0. The van der Waals surface area contributed by atoms with Crippen molar-refractivity contribution in [3.63, 3.8) is 0 Å². The van der Waals surface area contributed by atoms with Gasteiger partial charge in [-0.2, -0.15) is 0 Å². The molecule has 0 radical (unpaired) electrons. The highest BCUT2D eigenvalue weighted by atomic mass is 16.1. The number of fused-ring (bicyclic) bond motifs is 1. The van der Waals surface area contributed by atoms with Crippen LogP contribution in [0.4, 0.5) is 0 Å². The number of rotatable bonds is 4. The third-order valence-electron chi connectivity index (χ3n) is 3.00. The monoisotopic (exact) mass is 227 g/mol. The molecule has 2 rings (SSSR count). The minimum absolute atomic E-state index is 0.772. The molecule has 0 aliphatic carbocycles. The molecule has 0 N–H and O–H groups in total. The zero-order valence-corrected chi connectivity index (χ0v) is 10.3. The molecule has 0 unspecified atom stereocenters. The van der Waals surface area contributed by atoms with Gasteiger partial charge in [0.1, 0.15) is 0 Å². The molecule has 0 amide bonds. The van der Waals surface area contributed by atoms with Gasteiger partial charge >= 0.3 is 0 Å². The molecular weight excluding hydrogens is 210 g/mol. The molecule has 0 bridgehead atoms. The molecule has 2 aromatic rings. The second kappa shape index (κ2) is 5.11. The third kappa shape index (κ3) is 2.53. The van der Waals surface area contributed by atoms with Crippen molar-refractivity contribution >= 4 is 17.1 Å². The van der Waals surface area contributed by atoms with Crippen LogP contribution >= 0.6 is 0 Å². The summed E-state index contributed by atoms with van der Waals surface area (Å²) in [6.07, 6.45) is 1.94. The Kier molecular flexibility index (Phi) is 3.55. The Bertz CT molecular complexity index is 531. The van der Waals surface area contributed by atoms with Crippen molar-refractivity contribution in [1.29, 1.82) is 0 Å². The first-order valence-corrected chi connectivity index (χ1v) is 5.83. The van der Waals surface area contributed by atoms with Gasteiger partial charge in [0, 0.05) is 12.1 Å². The van der Waals surface area contributed by atoms with E-state index in [1.807, 2.05) is 24.3 Å². The smallest absolute Gasteiger partial charge is 0.150 e. The molecule has 17 heavy (non-hydrogen) atoms. The number of carbonyl (C=O) groups is 1. The summed E-state index contributed by atoms with van der Waals surface area (Å²) in [6, 6.07) is 12.1. The maximum Gasteiger partial charge on any atom is 0.150 e. The van der Waals surface area contributed by atoms with Gasteiger partial charge in [-0.15, -0.1) is 0 Å². The van der Waals surface area contributed by atoms with E-state index in [4.69, 9.17) is 0 Å². The number of carbonyl (C=O) groups excluding carboxylic acids is 1. The first-order chi connectivity index (χ1) is 8.22. The summed E-state index contributed by atoms with van der Waals surface area (Å²) in [5, 5.41) is 2.25. The van der Waals surface area contributed by atoms with E-state index in [1.54, 1.807) is 0 Å². The highest BCUT2D eigenvalue weighted by Gasteiger charge is 2.05. The second-order valence-electron chi connectivity index (χ2n) is 4.53. The molecule has 2 nitrogen and oxygen atoms in total. The quantitative estimate of drug-likeness (QED) is 0.749. The van der Waals surface area contributed by atoms with Crippen molar-refractivity contribution in [2.45, 2.75) is 6.42 Å². The van der Waals surface area contributed by atoms with Crippen LogP contribution in [0.1, 0.15) is 15.9 Å². The molecule has 88 valence electrons. The van der Waals surface area contributed by atoms with Crippen LogP contribution in [0.25, 0.3) is 10.8 Å². The van der Waals surface area contributed by atoms with Crippen molar-refractivity contribution in [3.8, 4) is 0 Å². The number of nitrogens with zero attached hydrogens (tertiary/aromatic N) is 1. The first-order valence-electron chi connectivity index (χ1n) is 5.83. The molecule has 2 aromatic carbocycles. The lowest BCUT2D eigenvalue weighted by atomic mass is 9.98. The molecule has 0 aliphatic heterocycles. The molecule has 0 atom stereocenters. The predicted octanol–water partition coefficient (Wildman–Crippen LogP) is 2.76. The molecule has 0 aromatic heterocycles. The largest absolute Gasteiger partial charge is 0.309 e. The minimum Gasteiger partial charge on any atom is -0.309 e. The maximum atomic E-state index is 11.0. The van der Waals surface area contributed by atoms with Crippen LogP contribution in [0.2, 0.25) is 0 Å². The average Bonchev–Trinajstić information content (AvgIpc) is 2.35. The van der Waals surface area contributed by atoms with E-state index in [0.717, 1.165) is 30.2 Å². The fraction of sp³-hybridized carbons (Fsp3) is 0.267. The zero-order chi connectivity index (χ0) is 12.3. The Morgan fingerprint density at radius 3 is 2.41 bits per heavy atom. The van der Waals surface area contributed by atoms with Gasteiger partial charge in [-0.1, -0.05) is 36.4 Å². The Morgan fingerprint density at radius 2 is 1.76 bits per heavy atom. The van der Waals surface area contributed by atoms with Crippen molar-refractivity contribution in [2.24, 2.45) is 0 Å². The Hall–Kier alpha value is -1.67. The van der Waals surface area contributed by atoms with Crippen molar-refractivity contribution < 1.29 is 4.79 Å². The predicted molar refractivity (Wildman–Crippen MR) is 71.6 cm³/mol. The van der Waals surface area contributed by atoms with Crippen LogP contribution in [0.3, 0.4) is 0 Å². The van der Waals surface area contributed by atoms with E-state index in [0.29, 0.717) is 0 Å². The van der Waals surface area contributed by atoms with Crippen molar-refractivity contribution in [3.05, 3.63) is 47.5 Å². The molecule has 0 saturated heterocycles. The highest BCUT2D eigenvalue weighted by Crippen LogP contribution is 2.22. The molecule has 0 fully saturated rings. The van der Waals surface area contributed by atoms with Gasteiger partial charge < -0.3 is 4.90 Å². The van der Waals surface area contributed by atoms with Crippen molar-refractivity contribution in [2.75, 3.05) is 20.6 Å². The summed E-state index contributed by atoms with van der Waals surface area (Å²) >= 11 is 0. The summed E-state index contributed by atoms with van der Waals surface area (Å²) in [5.41, 5.74) is 2.08. The highest BCUT2D eigenvalue weighted by molar-refractivity contribution is 5.99. The number of aldehydes is 1. The topological polar surface area (TPSA) is 20.3 Å². The van der Waals surface area contributed by atoms with E-state index in [2.05, 4.69) is 31.1 Å². The van der Waals surface area contributed by atoms with Crippen LogP contribution in [0.5, 0.6) is 0 Å². The fourth-order valence-corrected chi connectivity index (χ4v) is 2.05. The van der Waals surface area contributed by atoms with Gasteiger partial charge in [0.2, 0.25) is 0 Å². The normalized spacial score (nSPS) is 11.0. The first kappa shape index (κ1) is 11.8. The third-order valence-corrected chi connectivity index (χ3v) is 3.00. The molecule has 0 heterocycles. The average molecular weight is 227 g/mol. The zero-order valence-electron chi connectivity index (χ0n) is 10.3.